The van der Waals surface area contributed by atoms with Crippen LogP contribution in [0, 0.1) is 0 Å². The van der Waals surface area contributed by atoms with E-state index in [-0.39, 0.29) is 12.2 Å². The van der Waals surface area contributed by atoms with E-state index in [0.29, 0.717) is 5.75 Å². The van der Waals surface area contributed by atoms with E-state index in [0.717, 1.165) is 0 Å². The first kappa shape index (κ1) is 26.0. The van der Waals surface area contributed by atoms with Gasteiger partial charge in [0.25, 0.3) is 0 Å². The van der Waals surface area contributed by atoms with Gasteiger partial charge >= 0.3 is 11.9 Å². The average molecular weight is 439 g/mol. The summed E-state index contributed by atoms with van der Waals surface area (Å²) in [6.45, 7) is 1.33. The molecule has 0 aromatic rings. The molecule has 0 aromatic carbocycles. The topological polar surface area (TPSA) is 188 Å². The molecule has 0 aliphatic rings. The van der Waals surface area contributed by atoms with Crippen LogP contribution in [0.1, 0.15) is 19.8 Å². The molecular formula is C15H26N4O7S2. The van der Waals surface area contributed by atoms with Crippen LogP contribution in [0.3, 0.4) is 0 Å². The number of thiol groups is 1. The minimum absolute atomic E-state index is 0.0524. The van der Waals surface area contributed by atoms with Gasteiger partial charge in [-0.2, -0.15) is 24.4 Å². The summed E-state index contributed by atoms with van der Waals surface area (Å²) in [5, 5.41) is 24.9. The molecule has 0 bridgehead atoms. The Balaban J connectivity index is 5.07. The molecule has 4 unspecified atom stereocenters. The molecule has 0 saturated carbocycles. The van der Waals surface area contributed by atoms with Crippen LogP contribution >= 0.6 is 24.4 Å². The number of nitrogens with one attached hydrogen (secondary N) is 3. The van der Waals surface area contributed by atoms with Crippen molar-refractivity contribution in [3.63, 3.8) is 0 Å². The molecule has 160 valence electrons. The summed E-state index contributed by atoms with van der Waals surface area (Å²) in [7, 11) is 0. The number of thioether (sulfide) groups is 1. The second-order valence-corrected chi connectivity index (χ2v) is 7.21. The van der Waals surface area contributed by atoms with Gasteiger partial charge in [0.15, 0.2) is 0 Å². The highest BCUT2D eigenvalue weighted by Crippen LogP contribution is 2.03. The summed E-state index contributed by atoms with van der Waals surface area (Å²) in [5.41, 5.74) is 5.48. The van der Waals surface area contributed by atoms with Gasteiger partial charge < -0.3 is 31.9 Å². The monoisotopic (exact) mass is 438 g/mol. The van der Waals surface area contributed by atoms with Crippen LogP contribution < -0.4 is 21.7 Å². The van der Waals surface area contributed by atoms with Crippen LogP contribution in [0.4, 0.5) is 0 Å². The van der Waals surface area contributed by atoms with Crippen molar-refractivity contribution >= 4 is 54.1 Å². The molecule has 0 fully saturated rings. The first-order valence-corrected chi connectivity index (χ1v) is 10.3. The van der Waals surface area contributed by atoms with Crippen molar-refractivity contribution < 1.29 is 34.2 Å². The molecule has 3 amide bonds. The van der Waals surface area contributed by atoms with Crippen LogP contribution in [0.5, 0.6) is 0 Å². The second-order valence-electron chi connectivity index (χ2n) is 5.86. The summed E-state index contributed by atoms with van der Waals surface area (Å²) < 4.78 is 0. The fraction of sp³-hybridized carbons (Fsp3) is 0.667. The van der Waals surface area contributed by atoms with Gasteiger partial charge in [-0.15, -0.1) is 0 Å². The van der Waals surface area contributed by atoms with E-state index in [1.165, 1.54) is 18.7 Å². The highest BCUT2D eigenvalue weighted by atomic mass is 32.2. The van der Waals surface area contributed by atoms with E-state index in [1.54, 1.807) is 6.26 Å². The average Bonchev–Trinajstić information content (AvgIpc) is 2.62. The van der Waals surface area contributed by atoms with Crippen molar-refractivity contribution in [2.45, 2.75) is 43.9 Å². The third-order valence-electron chi connectivity index (χ3n) is 3.52. The predicted octanol–water partition coefficient (Wildman–Crippen LogP) is -1.97. The first-order valence-electron chi connectivity index (χ1n) is 8.24. The van der Waals surface area contributed by atoms with E-state index >= 15 is 0 Å². The Morgan fingerprint density at radius 1 is 1.00 bits per heavy atom. The molecule has 0 heterocycles. The largest absolute Gasteiger partial charge is 0.481 e. The number of hydrogen-bond donors (Lipinski definition) is 7. The van der Waals surface area contributed by atoms with Gasteiger partial charge in [-0.1, -0.05) is 0 Å². The Morgan fingerprint density at radius 2 is 1.57 bits per heavy atom. The lowest BCUT2D eigenvalue weighted by Crippen LogP contribution is -2.57. The highest BCUT2D eigenvalue weighted by Gasteiger charge is 2.30. The lowest BCUT2D eigenvalue weighted by atomic mass is 10.1. The number of carboxylic acids is 2. The smallest absolute Gasteiger partial charge is 0.326 e. The maximum absolute atomic E-state index is 12.3. The lowest BCUT2D eigenvalue weighted by Gasteiger charge is -2.22. The van der Waals surface area contributed by atoms with Gasteiger partial charge in [0.1, 0.15) is 18.1 Å². The third kappa shape index (κ3) is 9.80. The molecule has 0 aromatic heterocycles. The van der Waals surface area contributed by atoms with E-state index in [4.69, 9.17) is 15.9 Å². The zero-order chi connectivity index (χ0) is 21.9. The Morgan fingerprint density at radius 3 is 2.04 bits per heavy atom. The summed E-state index contributed by atoms with van der Waals surface area (Å²) in [6, 6.07) is -4.78. The molecule has 13 heteroatoms. The number of carboxylic acid groups (broad SMARTS) is 2. The number of hydrogen-bond acceptors (Lipinski definition) is 8. The molecule has 7 N–H and O–H groups in total. The molecule has 0 radical (unpaired) electrons. The quantitative estimate of drug-likeness (QED) is 0.160. The molecule has 4 atom stereocenters. The normalized spacial score (nSPS) is 14.9. The van der Waals surface area contributed by atoms with Gasteiger partial charge in [0.05, 0.1) is 12.5 Å². The molecule has 0 saturated heterocycles. The van der Waals surface area contributed by atoms with Crippen molar-refractivity contribution in [2.24, 2.45) is 5.73 Å². The van der Waals surface area contributed by atoms with Crippen LogP contribution in [-0.2, 0) is 24.0 Å². The van der Waals surface area contributed by atoms with Gasteiger partial charge in [0.2, 0.25) is 17.7 Å². The number of aliphatic carboxylic acids is 2. The second kappa shape index (κ2) is 13.2. The Bertz CT molecular complexity index is 591. The Hall–Kier alpha value is -1.99. The van der Waals surface area contributed by atoms with Crippen molar-refractivity contribution in [3.8, 4) is 0 Å². The highest BCUT2D eigenvalue weighted by molar-refractivity contribution is 7.98. The van der Waals surface area contributed by atoms with Gasteiger partial charge in [-0.3, -0.25) is 19.2 Å². The van der Waals surface area contributed by atoms with E-state index in [1.807, 2.05) is 0 Å². The van der Waals surface area contributed by atoms with E-state index in [2.05, 4.69) is 28.6 Å². The van der Waals surface area contributed by atoms with Crippen molar-refractivity contribution in [1.29, 1.82) is 0 Å². The Labute approximate surface area is 172 Å². The first-order chi connectivity index (χ1) is 13.0. The van der Waals surface area contributed by atoms with Crippen LogP contribution in [0.2, 0.25) is 0 Å². The number of carbonyl (C=O) groups excluding carboxylic acids is 3. The summed E-state index contributed by atoms with van der Waals surface area (Å²) >= 11 is 5.25. The van der Waals surface area contributed by atoms with Gasteiger partial charge in [-0.25, -0.2) is 4.79 Å². The molecule has 28 heavy (non-hydrogen) atoms. The number of carbonyl (C=O) groups is 5. The SMILES string of the molecule is CSCCC(NC(=O)C(CC(=O)O)NC(=O)C(C)NC(=O)C(N)CS)C(=O)O. The predicted molar refractivity (Wildman–Crippen MR) is 106 cm³/mol. The fourth-order valence-electron chi connectivity index (χ4n) is 1.91. The molecular weight excluding hydrogens is 412 g/mol. The maximum atomic E-state index is 12.3. The van der Waals surface area contributed by atoms with Crippen molar-refractivity contribution in [1.82, 2.24) is 16.0 Å². The van der Waals surface area contributed by atoms with Gasteiger partial charge in [-0.05, 0) is 25.4 Å². The van der Waals surface area contributed by atoms with Crippen LogP contribution in [-0.4, -0.2) is 81.8 Å². The molecule has 0 aliphatic carbocycles. The third-order valence-corrected chi connectivity index (χ3v) is 4.56. The number of amides is 3. The molecule has 0 aliphatic heterocycles. The van der Waals surface area contributed by atoms with Crippen LogP contribution in [0.15, 0.2) is 0 Å². The fourth-order valence-corrected chi connectivity index (χ4v) is 2.55. The maximum Gasteiger partial charge on any atom is 0.326 e. The zero-order valence-corrected chi connectivity index (χ0v) is 17.2. The zero-order valence-electron chi connectivity index (χ0n) is 15.5. The van der Waals surface area contributed by atoms with Gasteiger partial charge in [0, 0.05) is 5.75 Å². The van der Waals surface area contributed by atoms with E-state index < -0.39 is 60.2 Å². The summed E-state index contributed by atoms with van der Waals surface area (Å²) in [4.78, 5) is 58.5. The molecule has 0 rings (SSSR count). The minimum atomic E-state index is -1.51. The number of nitrogens with two attached hydrogens (primary N) is 1. The molecule has 0 spiro atoms. The minimum Gasteiger partial charge on any atom is -0.481 e. The van der Waals surface area contributed by atoms with E-state index in [9.17, 15) is 24.0 Å². The Kier molecular flexibility index (Phi) is 12.3. The lowest BCUT2D eigenvalue weighted by molar-refractivity contribution is -0.143. The van der Waals surface area contributed by atoms with Crippen molar-refractivity contribution in [3.05, 3.63) is 0 Å². The van der Waals surface area contributed by atoms with Crippen molar-refractivity contribution in [2.75, 3.05) is 17.8 Å². The summed E-state index contributed by atoms with van der Waals surface area (Å²) in [6.07, 6.45) is 1.14. The molecule has 11 nitrogen and oxygen atoms in total. The number of rotatable bonds is 13. The standard InChI is InChI=1S/C15H26N4O7S2/c1-7(17-13(23)8(16)6-27)12(22)19-10(5-11(20)21)14(24)18-9(15(25)26)3-4-28-2/h7-10,27H,3-6,16H2,1-2H3,(H,17,23)(H,18,24)(H,19,22)(H,20,21)(H,25,26). The summed E-state index contributed by atoms with van der Waals surface area (Å²) in [5.74, 6) is -4.54. The van der Waals surface area contributed by atoms with Crippen LogP contribution in [0.25, 0.3) is 0 Å².